The van der Waals surface area contributed by atoms with E-state index in [4.69, 9.17) is 4.98 Å². The number of aryl methyl sites for hydroxylation is 1. The second kappa shape index (κ2) is 9.24. The minimum Gasteiger partial charge on any atom is -0.302 e. The van der Waals surface area contributed by atoms with Crippen LogP contribution in [0.15, 0.2) is 47.4 Å². The van der Waals surface area contributed by atoms with Gasteiger partial charge in [-0.2, -0.15) is 0 Å². The topological polar surface area (TPSA) is 70.6 Å². The van der Waals surface area contributed by atoms with Gasteiger partial charge < -0.3 is 4.90 Å². The van der Waals surface area contributed by atoms with E-state index in [-0.39, 0.29) is 10.8 Å². The largest absolute Gasteiger partial charge is 0.302 e. The third-order valence-corrected chi connectivity index (χ3v) is 7.24. The lowest BCUT2D eigenvalue weighted by atomic mass is 10.2. The molecule has 1 heterocycles. The number of carbonyl (C=O) groups is 1. The molecule has 30 heavy (non-hydrogen) atoms. The second-order valence-corrected chi connectivity index (χ2v) is 10.3. The van der Waals surface area contributed by atoms with Crippen LogP contribution in [0.2, 0.25) is 0 Å². The van der Waals surface area contributed by atoms with Gasteiger partial charge in [0.2, 0.25) is 0 Å². The van der Waals surface area contributed by atoms with Crippen LogP contribution >= 0.6 is 11.3 Å². The van der Waals surface area contributed by atoms with Gasteiger partial charge in [0.15, 0.2) is 15.0 Å². The third kappa shape index (κ3) is 5.06. The van der Waals surface area contributed by atoms with Crippen molar-refractivity contribution in [2.75, 3.05) is 37.3 Å². The van der Waals surface area contributed by atoms with Gasteiger partial charge in [0.1, 0.15) is 0 Å². The lowest BCUT2D eigenvalue weighted by molar-refractivity contribution is 0.0983. The third-order valence-electron chi connectivity index (χ3n) is 5.07. The highest BCUT2D eigenvalue weighted by Crippen LogP contribution is 2.30. The Morgan fingerprint density at radius 2 is 1.70 bits per heavy atom. The fourth-order valence-electron chi connectivity index (χ4n) is 3.20. The van der Waals surface area contributed by atoms with Crippen molar-refractivity contribution in [2.45, 2.75) is 25.7 Å². The predicted molar refractivity (Wildman–Crippen MR) is 123 cm³/mol. The van der Waals surface area contributed by atoms with E-state index in [9.17, 15) is 13.2 Å². The zero-order valence-electron chi connectivity index (χ0n) is 17.8. The number of hydrogen-bond donors (Lipinski definition) is 0. The van der Waals surface area contributed by atoms with Crippen molar-refractivity contribution in [3.05, 3.63) is 53.6 Å². The summed E-state index contributed by atoms with van der Waals surface area (Å²) in [5.74, 6) is -0.182. The van der Waals surface area contributed by atoms with Crippen molar-refractivity contribution in [3.8, 4) is 0 Å². The number of carbonyl (C=O) groups excluding carboxylic acids is 1. The molecule has 0 saturated carbocycles. The molecule has 0 aliphatic carbocycles. The molecule has 0 radical (unpaired) electrons. The molecular formula is C22H27N3O3S2. The molecule has 0 atom stereocenters. The number of likely N-dealkylation sites (N-methyl/N-ethyl adjacent to an activating group) is 1. The summed E-state index contributed by atoms with van der Waals surface area (Å²) in [6, 6.07) is 12.2. The Morgan fingerprint density at radius 1 is 1.03 bits per heavy atom. The number of nitrogens with zero attached hydrogens (tertiary/aromatic N) is 3. The standard InChI is InChI=1S/C22H27N3O3S2/c1-5-24(6-2)13-14-25(22-23-19-12-7-16(3)15-20(19)29-22)21(26)17-8-10-18(11-9-17)30(4,27)28/h7-12,15H,5-6,13-14H2,1-4H3. The van der Waals surface area contributed by atoms with Crippen LogP contribution in [0.5, 0.6) is 0 Å². The van der Waals surface area contributed by atoms with Gasteiger partial charge >= 0.3 is 0 Å². The molecule has 0 aliphatic rings. The number of amides is 1. The summed E-state index contributed by atoms with van der Waals surface area (Å²) in [4.78, 5) is 22.2. The molecular weight excluding hydrogens is 418 g/mol. The molecule has 0 bridgehead atoms. The maximum atomic E-state index is 13.4. The van der Waals surface area contributed by atoms with Crippen molar-refractivity contribution in [3.63, 3.8) is 0 Å². The molecule has 0 N–H and O–H groups in total. The van der Waals surface area contributed by atoms with Gasteiger partial charge in [0, 0.05) is 24.9 Å². The maximum Gasteiger partial charge on any atom is 0.260 e. The van der Waals surface area contributed by atoms with Crippen molar-refractivity contribution in [1.82, 2.24) is 9.88 Å². The van der Waals surface area contributed by atoms with E-state index >= 15 is 0 Å². The van der Waals surface area contributed by atoms with Crippen molar-refractivity contribution >= 4 is 42.4 Å². The Labute approximate surface area is 182 Å². The fraction of sp³-hybridized carbons (Fsp3) is 0.364. The molecule has 0 spiro atoms. The minimum absolute atomic E-state index is 0.182. The number of aromatic nitrogens is 1. The van der Waals surface area contributed by atoms with Gasteiger partial charge in [-0.05, 0) is 62.0 Å². The van der Waals surface area contributed by atoms with Crippen LogP contribution in [-0.4, -0.2) is 56.6 Å². The van der Waals surface area contributed by atoms with E-state index in [1.54, 1.807) is 17.0 Å². The normalized spacial score (nSPS) is 11.9. The van der Waals surface area contributed by atoms with E-state index in [0.717, 1.165) is 41.7 Å². The Balaban J connectivity index is 1.96. The van der Waals surface area contributed by atoms with Crippen LogP contribution in [0.1, 0.15) is 29.8 Å². The highest BCUT2D eigenvalue weighted by Gasteiger charge is 2.22. The van der Waals surface area contributed by atoms with Gasteiger partial charge in [-0.15, -0.1) is 0 Å². The Kier molecular flexibility index (Phi) is 6.90. The SMILES string of the molecule is CCN(CC)CCN(C(=O)c1ccc(S(C)(=O)=O)cc1)c1nc2ccc(C)cc2s1. The first-order chi connectivity index (χ1) is 14.2. The zero-order chi connectivity index (χ0) is 21.9. The average molecular weight is 446 g/mol. The van der Waals surface area contributed by atoms with Crippen LogP contribution in [0.4, 0.5) is 5.13 Å². The lowest BCUT2D eigenvalue weighted by Gasteiger charge is -2.24. The van der Waals surface area contributed by atoms with Crippen molar-refractivity contribution in [2.24, 2.45) is 0 Å². The van der Waals surface area contributed by atoms with E-state index in [1.165, 1.54) is 23.5 Å². The van der Waals surface area contributed by atoms with Crippen molar-refractivity contribution < 1.29 is 13.2 Å². The summed E-state index contributed by atoms with van der Waals surface area (Å²) < 4.78 is 24.5. The summed E-state index contributed by atoms with van der Waals surface area (Å²) >= 11 is 1.50. The molecule has 3 aromatic rings. The number of hydrogen-bond acceptors (Lipinski definition) is 6. The number of benzene rings is 2. The second-order valence-electron chi connectivity index (χ2n) is 7.25. The van der Waals surface area contributed by atoms with Gasteiger partial charge in [0.25, 0.3) is 5.91 Å². The molecule has 1 aromatic heterocycles. The predicted octanol–water partition coefficient (Wildman–Crippen LogP) is 4.00. The zero-order valence-corrected chi connectivity index (χ0v) is 19.4. The van der Waals surface area contributed by atoms with Crippen LogP contribution < -0.4 is 4.90 Å². The van der Waals surface area contributed by atoms with Crippen molar-refractivity contribution in [1.29, 1.82) is 0 Å². The Morgan fingerprint density at radius 3 is 2.30 bits per heavy atom. The number of anilines is 1. The molecule has 1 amide bonds. The molecule has 0 fully saturated rings. The molecule has 8 heteroatoms. The number of sulfone groups is 1. The monoisotopic (exact) mass is 445 g/mol. The van der Waals surface area contributed by atoms with Crippen LogP contribution in [-0.2, 0) is 9.84 Å². The summed E-state index contributed by atoms with van der Waals surface area (Å²) in [6.07, 6.45) is 1.16. The first kappa shape index (κ1) is 22.4. The summed E-state index contributed by atoms with van der Waals surface area (Å²) in [6.45, 7) is 9.27. The number of rotatable bonds is 8. The highest BCUT2D eigenvalue weighted by atomic mass is 32.2. The smallest absolute Gasteiger partial charge is 0.260 e. The van der Waals surface area contributed by atoms with Crippen LogP contribution in [0.25, 0.3) is 10.2 Å². The molecule has 6 nitrogen and oxygen atoms in total. The fourth-order valence-corrected chi connectivity index (χ4v) is 4.92. The summed E-state index contributed by atoms with van der Waals surface area (Å²) in [7, 11) is -3.31. The summed E-state index contributed by atoms with van der Waals surface area (Å²) in [5, 5.41) is 0.653. The molecule has 0 unspecified atom stereocenters. The van der Waals surface area contributed by atoms with Crippen LogP contribution in [0, 0.1) is 6.92 Å². The quantitative estimate of drug-likeness (QED) is 0.524. The minimum atomic E-state index is -3.31. The molecule has 0 aliphatic heterocycles. The lowest BCUT2D eigenvalue weighted by Crippen LogP contribution is -2.38. The van der Waals surface area contributed by atoms with Gasteiger partial charge in [-0.25, -0.2) is 13.4 Å². The molecule has 160 valence electrons. The first-order valence-corrected chi connectivity index (χ1v) is 12.6. The summed E-state index contributed by atoms with van der Waals surface area (Å²) in [5.41, 5.74) is 2.46. The van der Waals surface area contributed by atoms with Gasteiger partial charge in [-0.3, -0.25) is 9.69 Å². The van der Waals surface area contributed by atoms with Gasteiger partial charge in [-0.1, -0.05) is 31.3 Å². The Hall–Kier alpha value is -2.29. The maximum absolute atomic E-state index is 13.4. The highest BCUT2D eigenvalue weighted by molar-refractivity contribution is 7.90. The average Bonchev–Trinajstić information content (AvgIpc) is 3.13. The number of fused-ring (bicyclic) bond motifs is 1. The van der Waals surface area contributed by atoms with Crippen LogP contribution in [0.3, 0.4) is 0 Å². The van der Waals surface area contributed by atoms with E-state index in [1.807, 2.05) is 19.1 Å². The van der Waals surface area contributed by atoms with E-state index in [2.05, 4.69) is 24.8 Å². The van der Waals surface area contributed by atoms with E-state index < -0.39 is 9.84 Å². The molecule has 3 rings (SSSR count). The Bertz CT molecular complexity index is 1130. The van der Waals surface area contributed by atoms with E-state index in [0.29, 0.717) is 17.2 Å². The first-order valence-electron chi connectivity index (χ1n) is 9.94. The molecule has 2 aromatic carbocycles. The molecule has 0 saturated heterocycles. The van der Waals surface area contributed by atoms with Gasteiger partial charge in [0.05, 0.1) is 15.1 Å². The number of thiazole rings is 1.